The molecule has 0 amide bonds. The molecule has 3 saturated carbocycles. The van der Waals surface area contributed by atoms with E-state index in [1.54, 1.807) is 0 Å². The van der Waals surface area contributed by atoms with E-state index in [9.17, 15) is 94.5 Å². The van der Waals surface area contributed by atoms with Crippen molar-refractivity contribution in [2.75, 3.05) is 33.5 Å². The van der Waals surface area contributed by atoms with E-state index in [4.69, 9.17) is 61.0 Å². The van der Waals surface area contributed by atoms with Crippen molar-refractivity contribution in [2.45, 2.75) is 259 Å². The number of carbonyl (C=O) groups is 2. The number of hydrogen-bond acceptors (Lipinski definition) is 35. The maximum atomic E-state index is 14.5. The van der Waals surface area contributed by atoms with Gasteiger partial charge in [-0.2, -0.15) is 0 Å². The van der Waals surface area contributed by atoms with Crippen LogP contribution in [0.1, 0.15) is 106 Å². The molecule has 6 aliphatic heterocycles. The Morgan fingerprint density at radius 1 is 0.630 bits per heavy atom. The molecule has 10 aliphatic rings. The molecule has 0 aromatic carbocycles. The summed E-state index contributed by atoms with van der Waals surface area (Å²) >= 11 is 0. The number of allylic oxidation sites excluding steroid dienone is 3. The number of methoxy groups -OCH3 is 1. The molecule has 31 unspecified atom stereocenters. The Hall–Kier alpha value is 0.430. The maximum absolute atomic E-state index is 14.5. The minimum Gasteiger partial charge on any atom is -0.726 e. The molecule has 4 aliphatic carbocycles. The zero-order valence-electron chi connectivity index (χ0n) is 57.4. The van der Waals surface area contributed by atoms with Crippen molar-refractivity contribution >= 4 is 42.9 Å². The van der Waals surface area contributed by atoms with Gasteiger partial charge >= 0.3 is 94.6 Å². The van der Waals surface area contributed by atoms with E-state index < -0.39 is 238 Å². The van der Waals surface area contributed by atoms with Crippen LogP contribution in [-0.2, 0) is 110 Å². The number of carbonyl (C=O) groups excluding carboxylic acids is 2. The SMILES string of the molecule is C=C(C)CCCC1(C)OC(=O)C23CCC4C(=CCC5C(C)(C)C(OC6OCC(OS(=O)(=O)[O-])C(O)C6OC6OC(C)C(OC7OC(COS(=O)(=O)[O-])C(O)C(OC8OC(COS(=O)(=O)[O-])C(O)C(OC)C8O)C7O)C(O)C6OC6OCC(O)C(O)C6O)CCC45C)C2(C)CC(=O)C13.[Na+].[Na+].[Na+]. The zero-order valence-corrected chi connectivity index (χ0v) is 65.9. The van der Waals surface area contributed by atoms with Gasteiger partial charge in [-0.05, 0) is 94.8 Å². The maximum Gasteiger partial charge on any atom is 1.00 e. The summed E-state index contributed by atoms with van der Waals surface area (Å²) in [6, 6.07) is 0. The van der Waals surface area contributed by atoms with Crippen LogP contribution in [0, 0.1) is 39.4 Å². The van der Waals surface area contributed by atoms with Crippen molar-refractivity contribution in [2.24, 2.45) is 39.4 Å². The summed E-state index contributed by atoms with van der Waals surface area (Å²) < 4.78 is 191. The molecule has 31 atom stereocenters. The average molecular weight is 1520 g/mol. The minimum atomic E-state index is -5.60. The van der Waals surface area contributed by atoms with Gasteiger partial charge in [0.15, 0.2) is 31.5 Å². The van der Waals surface area contributed by atoms with Crippen LogP contribution in [0.25, 0.3) is 0 Å². The summed E-state index contributed by atoms with van der Waals surface area (Å²) in [5.41, 5.74) is -2.10. The van der Waals surface area contributed by atoms with Gasteiger partial charge in [0.05, 0.1) is 50.0 Å². The van der Waals surface area contributed by atoms with Crippen LogP contribution in [0.2, 0.25) is 0 Å². The summed E-state index contributed by atoms with van der Waals surface area (Å²) in [4.78, 5) is 28.9. The van der Waals surface area contributed by atoms with Crippen LogP contribution in [0.3, 0.4) is 0 Å². The number of ketones is 1. The van der Waals surface area contributed by atoms with Gasteiger partial charge in [-0.3, -0.25) is 22.1 Å². The van der Waals surface area contributed by atoms with Gasteiger partial charge in [-0.1, -0.05) is 44.9 Å². The fourth-order valence-electron chi connectivity index (χ4n) is 17.5. The third-order valence-electron chi connectivity index (χ3n) is 22.2. The molecule has 0 radical (unpaired) electrons. The monoisotopic (exact) mass is 1520 g/mol. The molecule has 0 bridgehead atoms. The van der Waals surface area contributed by atoms with Gasteiger partial charge in [0.25, 0.3) is 0 Å². The molecule has 9 fully saturated rings. The van der Waals surface area contributed by atoms with Gasteiger partial charge in [0, 0.05) is 18.9 Å². The van der Waals surface area contributed by atoms with E-state index >= 15 is 0 Å². The first kappa shape index (κ1) is 87.7. The van der Waals surface area contributed by atoms with E-state index in [1.165, 1.54) is 6.92 Å². The Labute approximate surface area is 645 Å². The number of cyclic esters (lactones) is 1. The van der Waals surface area contributed by atoms with Crippen molar-refractivity contribution in [1.82, 2.24) is 0 Å². The quantitative estimate of drug-likeness (QED) is 0.0151. The van der Waals surface area contributed by atoms with Crippen molar-refractivity contribution in [1.29, 1.82) is 0 Å². The summed E-state index contributed by atoms with van der Waals surface area (Å²) in [7, 11) is -15.6. The zero-order chi connectivity index (χ0) is 71.4. The van der Waals surface area contributed by atoms with Crippen molar-refractivity contribution in [3.05, 3.63) is 23.8 Å². The molecule has 0 aromatic heterocycles. The third kappa shape index (κ3) is 17.3. The van der Waals surface area contributed by atoms with Gasteiger partial charge in [-0.25, -0.2) is 25.3 Å². The number of aliphatic hydroxyl groups is 9. The smallest absolute Gasteiger partial charge is 0.726 e. The number of esters is 1. The molecule has 35 nitrogen and oxygen atoms in total. The van der Waals surface area contributed by atoms with Crippen molar-refractivity contribution < 1.29 is 253 Å². The third-order valence-corrected chi connectivity index (χ3v) is 23.5. The Kier molecular flexibility index (Phi) is 29.1. The van der Waals surface area contributed by atoms with Crippen molar-refractivity contribution in [3.8, 4) is 0 Å². The number of fused-ring (bicyclic) bond motifs is 4. The normalized spacial score (nSPS) is 46.4. The average Bonchev–Trinajstić information content (AvgIpc) is 1.47. The Morgan fingerprint density at radius 3 is 1.76 bits per heavy atom. The summed E-state index contributed by atoms with van der Waals surface area (Å²) in [5.74, 6) is -1.23. The van der Waals surface area contributed by atoms with Crippen LogP contribution < -0.4 is 88.7 Å². The second-order valence-corrected chi connectivity index (χ2v) is 31.8. The fraction of sp³-hybridized carbons (Fsp3) is 0.898. The summed E-state index contributed by atoms with van der Waals surface area (Å²) in [6.07, 6.45) is -40.9. The van der Waals surface area contributed by atoms with E-state index in [2.05, 4.69) is 27.9 Å². The van der Waals surface area contributed by atoms with Gasteiger partial charge in [0.1, 0.15) is 115 Å². The first-order valence-electron chi connectivity index (χ1n) is 32.1. The molecule has 1 spiro atoms. The molecule has 6 heterocycles. The number of rotatable bonds is 23. The van der Waals surface area contributed by atoms with E-state index in [-0.39, 0.29) is 119 Å². The van der Waals surface area contributed by atoms with Crippen molar-refractivity contribution in [3.63, 3.8) is 0 Å². The van der Waals surface area contributed by atoms with Crippen LogP contribution in [-0.4, -0.2) is 283 Å². The van der Waals surface area contributed by atoms with Crippen LogP contribution in [0.5, 0.6) is 0 Å². The van der Waals surface area contributed by atoms with Crippen LogP contribution in [0.15, 0.2) is 23.8 Å². The number of aliphatic hydroxyl groups excluding tert-OH is 9. The first-order valence-corrected chi connectivity index (χ1v) is 36.1. The van der Waals surface area contributed by atoms with Gasteiger partial charge in [-0.15, -0.1) is 6.58 Å². The number of Topliss-reactive ketones (excluding diaryl/α,β-unsaturated/α-hetero) is 1. The molecule has 100 heavy (non-hydrogen) atoms. The summed E-state index contributed by atoms with van der Waals surface area (Å²) in [6.45, 7) is 13.2. The largest absolute Gasteiger partial charge is 1.00 e. The van der Waals surface area contributed by atoms with E-state index in [1.807, 2.05) is 34.6 Å². The Morgan fingerprint density at radius 2 is 1.18 bits per heavy atom. The first-order chi connectivity index (χ1) is 45.0. The molecule has 0 aromatic rings. The topological polar surface area (TPSA) is 526 Å². The summed E-state index contributed by atoms with van der Waals surface area (Å²) in [5, 5.41) is 102. The van der Waals surface area contributed by atoms with Gasteiger partial charge < -0.3 is 116 Å². The molecule has 556 valence electrons. The second kappa shape index (κ2) is 33.2. The number of hydrogen-bond donors (Lipinski definition) is 9. The number of ether oxygens (including phenoxy) is 12. The van der Waals surface area contributed by atoms with E-state index in [0.29, 0.717) is 44.9 Å². The van der Waals surface area contributed by atoms with Crippen LogP contribution in [0.4, 0.5) is 0 Å². The standard InChI is InChI=1S/C59H92O35S3.3Na/c1-24(2)11-10-16-58(8)48-28(60)19-57(7)27-12-13-33-55(4,5)34(15-17-56(33,6)26(27)14-18-59(48,57)54(70)93-58)88-52-46(38(65)32(21-82-52)94-97(77,78)79)92-53-47(91-49-39(66)35(62)29(61)20-81-49)40(67)43(25(3)85-53)89-51-42(69)45(37(64)31(87-51)23-84-96(74,75)76)90-50-41(68)44(80-9)36(63)30(86-50)22-83-95(71,72)73;;;/h12,25-26,29-53,61-69H,1,10-11,13-23H2,2-9H3,(H,71,72,73)(H,74,75,76)(H,77,78,79);;;/q;3*+1/p-3. The molecular formula is C59H89Na3O35S3. The molecule has 6 saturated heterocycles. The predicted molar refractivity (Wildman–Crippen MR) is 313 cm³/mol. The minimum absolute atomic E-state index is 0. The molecule has 9 N–H and O–H groups in total. The molecule has 41 heteroatoms. The van der Waals surface area contributed by atoms with E-state index in [0.717, 1.165) is 24.7 Å². The predicted octanol–water partition coefficient (Wildman–Crippen LogP) is -12.3. The fourth-order valence-corrected chi connectivity index (χ4v) is 18.6. The molecular weight excluding hydrogens is 1430 g/mol. The Bertz CT molecular complexity index is 3270. The van der Waals surface area contributed by atoms with Crippen LogP contribution >= 0.6 is 0 Å². The molecule has 10 rings (SSSR count). The second-order valence-electron chi connectivity index (χ2n) is 28.6. The Balaban J connectivity index is 0.00000468. The van der Waals surface area contributed by atoms with Gasteiger partial charge in [0.2, 0.25) is 31.2 Å².